The molecule has 0 atom stereocenters. The van der Waals surface area contributed by atoms with E-state index in [9.17, 15) is 9.59 Å². The molecule has 0 radical (unpaired) electrons. The topological polar surface area (TPSA) is 49.9 Å². The fraction of sp³-hybridized carbons (Fsp3) is 0.529. The standard InChI is InChI=1S/C17H24N2O3/c1-14(20)19(15-8-7-9-16(12-15)22-2)13-17(21)18-10-5-3-4-6-11-18/h7-9,12H,3-6,10-11,13H2,1-2H3. The second kappa shape index (κ2) is 7.82. The molecule has 1 aliphatic rings. The number of rotatable bonds is 4. The molecule has 0 unspecified atom stereocenters. The van der Waals surface area contributed by atoms with Crippen LogP contribution in [0.25, 0.3) is 0 Å². The smallest absolute Gasteiger partial charge is 0.242 e. The van der Waals surface area contributed by atoms with Crippen molar-refractivity contribution < 1.29 is 14.3 Å². The predicted octanol–water partition coefficient (Wildman–Crippen LogP) is 2.45. The van der Waals surface area contributed by atoms with E-state index in [4.69, 9.17) is 4.74 Å². The van der Waals surface area contributed by atoms with E-state index in [1.165, 1.54) is 24.7 Å². The molecule has 5 nitrogen and oxygen atoms in total. The van der Waals surface area contributed by atoms with Crippen molar-refractivity contribution in [3.63, 3.8) is 0 Å². The molecule has 0 N–H and O–H groups in total. The summed E-state index contributed by atoms with van der Waals surface area (Å²) >= 11 is 0. The first-order valence-electron chi connectivity index (χ1n) is 7.82. The molecule has 0 aromatic heterocycles. The Bertz CT molecular complexity index is 522. The monoisotopic (exact) mass is 304 g/mol. The second-order valence-corrected chi connectivity index (χ2v) is 5.60. The number of nitrogens with zero attached hydrogens (tertiary/aromatic N) is 2. The number of hydrogen-bond donors (Lipinski definition) is 0. The van der Waals surface area contributed by atoms with Crippen molar-refractivity contribution in [3.8, 4) is 5.75 Å². The van der Waals surface area contributed by atoms with Crippen molar-refractivity contribution in [1.29, 1.82) is 0 Å². The molecule has 0 spiro atoms. The maximum absolute atomic E-state index is 12.5. The molecule has 1 aromatic rings. The Morgan fingerprint density at radius 2 is 1.86 bits per heavy atom. The van der Waals surface area contributed by atoms with Gasteiger partial charge in [-0.05, 0) is 25.0 Å². The van der Waals surface area contributed by atoms with E-state index < -0.39 is 0 Å². The van der Waals surface area contributed by atoms with Gasteiger partial charge >= 0.3 is 0 Å². The highest BCUT2D eigenvalue weighted by Crippen LogP contribution is 2.21. The Morgan fingerprint density at radius 3 is 2.45 bits per heavy atom. The van der Waals surface area contributed by atoms with Crippen LogP contribution in [0.15, 0.2) is 24.3 Å². The molecule has 0 aliphatic carbocycles. The molecule has 5 heteroatoms. The van der Waals surface area contributed by atoms with Gasteiger partial charge in [0.05, 0.1) is 7.11 Å². The van der Waals surface area contributed by atoms with Gasteiger partial charge in [-0.3, -0.25) is 9.59 Å². The lowest BCUT2D eigenvalue weighted by Gasteiger charge is -2.26. The lowest BCUT2D eigenvalue weighted by Crippen LogP contribution is -2.42. The average Bonchev–Trinajstić information content (AvgIpc) is 2.81. The van der Waals surface area contributed by atoms with E-state index in [2.05, 4.69) is 0 Å². The molecule has 1 aromatic carbocycles. The molecule has 2 rings (SSSR count). The van der Waals surface area contributed by atoms with Crippen molar-refractivity contribution in [2.24, 2.45) is 0 Å². The normalized spacial score (nSPS) is 15.1. The molecule has 1 heterocycles. The predicted molar refractivity (Wildman–Crippen MR) is 86.1 cm³/mol. The van der Waals surface area contributed by atoms with E-state index in [0.29, 0.717) is 11.4 Å². The second-order valence-electron chi connectivity index (χ2n) is 5.60. The number of ether oxygens (including phenoxy) is 1. The van der Waals surface area contributed by atoms with Crippen molar-refractivity contribution in [2.75, 3.05) is 31.6 Å². The van der Waals surface area contributed by atoms with Crippen LogP contribution in [-0.4, -0.2) is 43.5 Å². The van der Waals surface area contributed by atoms with Crippen molar-refractivity contribution >= 4 is 17.5 Å². The van der Waals surface area contributed by atoms with Crippen molar-refractivity contribution in [3.05, 3.63) is 24.3 Å². The van der Waals surface area contributed by atoms with Crippen LogP contribution in [-0.2, 0) is 9.59 Å². The van der Waals surface area contributed by atoms with E-state index in [0.717, 1.165) is 25.9 Å². The SMILES string of the molecule is COc1cccc(N(CC(=O)N2CCCCCC2)C(C)=O)c1. The molecule has 1 saturated heterocycles. The fourth-order valence-corrected chi connectivity index (χ4v) is 2.72. The van der Waals surface area contributed by atoms with Crippen molar-refractivity contribution in [2.45, 2.75) is 32.6 Å². The Hall–Kier alpha value is -2.04. The van der Waals surface area contributed by atoms with Gasteiger partial charge in [-0.2, -0.15) is 0 Å². The average molecular weight is 304 g/mol. The Labute approximate surface area is 131 Å². The number of carbonyl (C=O) groups excluding carboxylic acids is 2. The Kier molecular flexibility index (Phi) is 5.81. The van der Waals surface area contributed by atoms with Crippen LogP contribution < -0.4 is 9.64 Å². The third kappa shape index (κ3) is 4.23. The van der Waals surface area contributed by atoms with Gasteiger partial charge in [-0.1, -0.05) is 18.9 Å². The number of methoxy groups -OCH3 is 1. The molecule has 0 saturated carbocycles. The summed E-state index contributed by atoms with van der Waals surface area (Å²) in [7, 11) is 1.58. The number of anilines is 1. The van der Waals surface area contributed by atoms with Gasteiger partial charge in [0.25, 0.3) is 0 Å². The summed E-state index contributed by atoms with van der Waals surface area (Å²) in [5, 5.41) is 0. The van der Waals surface area contributed by atoms with Crippen LogP contribution >= 0.6 is 0 Å². The third-order valence-electron chi connectivity index (χ3n) is 4.00. The lowest BCUT2D eigenvalue weighted by molar-refractivity contribution is -0.131. The summed E-state index contributed by atoms with van der Waals surface area (Å²) in [5.74, 6) is 0.544. The summed E-state index contributed by atoms with van der Waals surface area (Å²) in [6.45, 7) is 3.16. The molecular weight excluding hydrogens is 280 g/mol. The van der Waals surface area contributed by atoms with Gasteiger partial charge in [-0.15, -0.1) is 0 Å². The first kappa shape index (κ1) is 16.3. The molecule has 2 amide bonds. The highest BCUT2D eigenvalue weighted by molar-refractivity contribution is 5.97. The number of benzene rings is 1. The van der Waals surface area contributed by atoms with Crippen molar-refractivity contribution in [1.82, 2.24) is 4.90 Å². The maximum atomic E-state index is 12.5. The third-order valence-corrected chi connectivity index (χ3v) is 4.00. The van der Waals surface area contributed by atoms with E-state index in [1.54, 1.807) is 13.2 Å². The fourth-order valence-electron chi connectivity index (χ4n) is 2.72. The van der Waals surface area contributed by atoms with Gasteiger partial charge in [0.1, 0.15) is 12.3 Å². The minimum atomic E-state index is -0.142. The molecule has 22 heavy (non-hydrogen) atoms. The Balaban J connectivity index is 2.10. The van der Waals surface area contributed by atoms with Gasteiger partial charge in [-0.25, -0.2) is 0 Å². The lowest BCUT2D eigenvalue weighted by atomic mass is 10.2. The molecule has 0 bridgehead atoms. The largest absolute Gasteiger partial charge is 0.497 e. The number of carbonyl (C=O) groups is 2. The van der Waals surface area contributed by atoms with Gasteiger partial charge in [0, 0.05) is 31.8 Å². The summed E-state index contributed by atoms with van der Waals surface area (Å²) < 4.78 is 5.19. The van der Waals surface area contributed by atoms with Crippen LogP contribution in [0.1, 0.15) is 32.6 Å². The zero-order valence-electron chi connectivity index (χ0n) is 13.4. The van der Waals surface area contributed by atoms with Crippen LogP contribution in [0, 0.1) is 0 Å². The minimum Gasteiger partial charge on any atom is -0.497 e. The van der Waals surface area contributed by atoms with Gasteiger partial charge in [0.2, 0.25) is 11.8 Å². The molecule has 1 aliphatic heterocycles. The highest BCUT2D eigenvalue weighted by atomic mass is 16.5. The zero-order chi connectivity index (χ0) is 15.9. The van der Waals surface area contributed by atoms with Crippen LogP contribution in [0.3, 0.4) is 0 Å². The molecule has 120 valence electrons. The number of hydrogen-bond acceptors (Lipinski definition) is 3. The molecule has 1 fully saturated rings. The van der Waals surface area contributed by atoms with Crippen LogP contribution in [0.5, 0.6) is 5.75 Å². The van der Waals surface area contributed by atoms with Crippen LogP contribution in [0.4, 0.5) is 5.69 Å². The van der Waals surface area contributed by atoms with Crippen LogP contribution in [0.2, 0.25) is 0 Å². The van der Waals surface area contributed by atoms with Gasteiger partial charge < -0.3 is 14.5 Å². The zero-order valence-corrected chi connectivity index (χ0v) is 13.4. The summed E-state index contributed by atoms with van der Waals surface area (Å²) in [5.41, 5.74) is 0.690. The quantitative estimate of drug-likeness (QED) is 0.858. The molecular formula is C17H24N2O3. The first-order valence-corrected chi connectivity index (χ1v) is 7.82. The van der Waals surface area contributed by atoms with Gasteiger partial charge in [0.15, 0.2) is 0 Å². The maximum Gasteiger partial charge on any atom is 0.242 e. The van der Waals surface area contributed by atoms with E-state index in [1.807, 2.05) is 23.1 Å². The number of likely N-dealkylation sites (tertiary alicyclic amines) is 1. The summed E-state index contributed by atoms with van der Waals surface area (Å²) in [4.78, 5) is 27.8. The van der Waals surface area contributed by atoms with E-state index in [-0.39, 0.29) is 18.4 Å². The minimum absolute atomic E-state index is 0.0138. The first-order chi connectivity index (χ1) is 10.6. The summed E-state index contributed by atoms with van der Waals surface area (Å²) in [6.07, 6.45) is 4.45. The Morgan fingerprint density at radius 1 is 1.18 bits per heavy atom. The summed E-state index contributed by atoms with van der Waals surface area (Å²) in [6, 6.07) is 7.23. The highest BCUT2D eigenvalue weighted by Gasteiger charge is 2.21. The van der Waals surface area contributed by atoms with E-state index >= 15 is 0 Å². The number of amides is 2.